The minimum atomic E-state index is -0.759. The Balaban J connectivity index is 2.35. The summed E-state index contributed by atoms with van der Waals surface area (Å²) in [6.45, 7) is 3.77. The molecule has 0 fully saturated rings. The van der Waals surface area contributed by atoms with Gasteiger partial charge in [-0.1, -0.05) is 48.5 Å². The molecule has 114 valence electrons. The molecule has 0 spiro atoms. The van der Waals surface area contributed by atoms with Crippen LogP contribution < -0.4 is 15.9 Å². The van der Waals surface area contributed by atoms with Crippen LogP contribution in [0.5, 0.6) is 5.75 Å². The van der Waals surface area contributed by atoms with Crippen molar-refractivity contribution in [3.05, 3.63) is 66.2 Å². The van der Waals surface area contributed by atoms with E-state index in [9.17, 15) is 4.79 Å². The summed E-state index contributed by atoms with van der Waals surface area (Å²) in [5.41, 5.74) is 8.06. The Morgan fingerprint density at radius 3 is 2.14 bits per heavy atom. The van der Waals surface area contributed by atoms with Crippen molar-refractivity contribution in [2.24, 2.45) is 10.8 Å². The van der Waals surface area contributed by atoms with Crippen molar-refractivity contribution in [2.75, 3.05) is 0 Å². The number of primary amides is 1. The third-order valence-electron chi connectivity index (χ3n) is 3.01. The number of carbonyl (C=O) groups is 1. The Morgan fingerprint density at radius 2 is 1.59 bits per heavy atom. The van der Waals surface area contributed by atoms with Crippen molar-refractivity contribution in [2.45, 2.75) is 19.4 Å². The second-order valence-corrected chi connectivity index (χ2v) is 5.23. The minimum absolute atomic E-state index is 0.579. The van der Waals surface area contributed by atoms with Crippen molar-refractivity contribution in [3.63, 3.8) is 0 Å². The molecule has 2 aromatic rings. The highest BCUT2D eigenvalue weighted by molar-refractivity contribution is 6.06. The maximum Gasteiger partial charge on any atom is 0.332 e. The van der Waals surface area contributed by atoms with Gasteiger partial charge in [-0.15, -0.1) is 0 Å². The number of hydrogen-bond donors (Lipinski definition) is 2. The Morgan fingerprint density at radius 1 is 1.05 bits per heavy atom. The standard InChI is InChI=1S/C17H19N3O2/c1-17(2,22-14-11-7-4-8-12-14)15(19-20-16(18)21)13-9-5-3-6-10-13/h3-12H,1-2H3,(H3,18,20,21)/b19-15-. The molecule has 0 saturated carbocycles. The molecule has 0 aliphatic heterocycles. The van der Waals surface area contributed by atoms with Gasteiger partial charge >= 0.3 is 6.03 Å². The third-order valence-corrected chi connectivity index (χ3v) is 3.01. The van der Waals surface area contributed by atoms with Crippen LogP contribution in [0.25, 0.3) is 0 Å². The van der Waals surface area contributed by atoms with Crippen LogP contribution in [0, 0.1) is 0 Å². The molecule has 2 rings (SSSR count). The number of ether oxygens (including phenoxy) is 1. The smallest absolute Gasteiger partial charge is 0.332 e. The van der Waals surface area contributed by atoms with Gasteiger partial charge < -0.3 is 10.5 Å². The molecule has 0 unspecified atom stereocenters. The van der Waals surface area contributed by atoms with Crippen molar-refractivity contribution >= 4 is 11.7 Å². The minimum Gasteiger partial charge on any atom is -0.481 e. The lowest BCUT2D eigenvalue weighted by Crippen LogP contribution is -2.41. The van der Waals surface area contributed by atoms with E-state index in [2.05, 4.69) is 10.5 Å². The van der Waals surface area contributed by atoms with Gasteiger partial charge in [0.1, 0.15) is 17.1 Å². The molecule has 0 atom stereocenters. The Hall–Kier alpha value is -2.82. The number of carbonyl (C=O) groups excluding carboxylic acids is 1. The van der Waals surface area contributed by atoms with Gasteiger partial charge in [0, 0.05) is 5.56 Å². The molecule has 0 radical (unpaired) electrons. The molecule has 2 amide bonds. The quantitative estimate of drug-likeness (QED) is 0.657. The van der Waals surface area contributed by atoms with Gasteiger partial charge in [0.25, 0.3) is 0 Å². The van der Waals surface area contributed by atoms with Gasteiger partial charge in [-0.25, -0.2) is 10.2 Å². The van der Waals surface area contributed by atoms with E-state index in [1.807, 2.05) is 74.5 Å². The summed E-state index contributed by atoms with van der Waals surface area (Å²) in [7, 11) is 0. The molecule has 3 N–H and O–H groups in total. The number of amides is 2. The van der Waals surface area contributed by atoms with Crippen molar-refractivity contribution in [3.8, 4) is 5.75 Å². The number of nitrogens with zero attached hydrogens (tertiary/aromatic N) is 1. The zero-order valence-electron chi connectivity index (χ0n) is 12.6. The van der Waals surface area contributed by atoms with Crippen molar-refractivity contribution < 1.29 is 9.53 Å². The summed E-state index contributed by atoms with van der Waals surface area (Å²) in [5.74, 6) is 0.718. The summed E-state index contributed by atoms with van der Waals surface area (Å²) >= 11 is 0. The summed E-state index contributed by atoms with van der Waals surface area (Å²) in [5, 5.41) is 4.13. The molecular weight excluding hydrogens is 278 g/mol. The lowest BCUT2D eigenvalue weighted by Gasteiger charge is -2.28. The number of hydrogen-bond acceptors (Lipinski definition) is 3. The monoisotopic (exact) mass is 297 g/mol. The van der Waals surface area contributed by atoms with Crippen LogP contribution in [0.3, 0.4) is 0 Å². The van der Waals surface area contributed by atoms with Crippen LogP contribution in [-0.2, 0) is 0 Å². The second-order valence-electron chi connectivity index (χ2n) is 5.23. The lowest BCUT2D eigenvalue weighted by molar-refractivity contribution is 0.182. The van der Waals surface area contributed by atoms with Gasteiger partial charge in [-0.2, -0.15) is 5.10 Å². The highest BCUT2D eigenvalue weighted by atomic mass is 16.5. The number of para-hydroxylation sites is 1. The first-order chi connectivity index (χ1) is 10.5. The number of urea groups is 1. The van der Waals surface area contributed by atoms with Gasteiger partial charge in [0.2, 0.25) is 0 Å². The summed E-state index contributed by atoms with van der Waals surface area (Å²) in [6.07, 6.45) is 0. The fourth-order valence-corrected chi connectivity index (χ4v) is 2.09. The lowest BCUT2D eigenvalue weighted by atomic mass is 9.95. The molecule has 0 aliphatic rings. The average molecular weight is 297 g/mol. The molecule has 22 heavy (non-hydrogen) atoms. The maximum absolute atomic E-state index is 11.0. The van der Waals surface area contributed by atoms with E-state index in [4.69, 9.17) is 10.5 Å². The van der Waals surface area contributed by atoms with Crippen LogP contribution >= 0.6 is 0 Å². The van der Waals surface area contributed by atoms with E-state index in [0.717, 1.165) is 11.3 Å². The van der Waals surface area contributed by atoms with Crippen LogP contribution in [0.4, 0.5) is 4.79 Å². The van der Waals surface area contributed by atoms with Crippen LogP contribution in [-0.4, -0.2) is 17.3 Å². The van der Waals surface area contributed by atoms with Gasteiger partial charge in [0.05, 0.1) is 0 Å². The average Bonchev–Trinajstić information content (AvgIpc) is 2.48. The number of nitrogens with one attached hydrogen (secondary N) is 1. The number of benzene rings is 2. The third kappa shape index (κ3) is 4.09. The topological polar surface area (TPSA) is 76.7 Å². The van der Waals surface area contributed by atoms with Crippen LogP contribution in [0.1, 0.15) is 19.4 Å². The maximum atomic E-state index is 11.0. The van der Waals surface area contributed by atoms with Crippen LogP contribution in [0.15, 0.2) is 65.8 Å². The second kappa shape index (κ2) is 6.76. The zero-order chi connectivity index (χ0) is 16.0. The fourth-order valence-electron chi connectivity index (χ4n) is 2.09. The Kier molecular flexibility index (Phi) is 4.78. The molecule has 5 nitrogen and oxygen atoms in total. The van der Waals surface area contributed by atoms with Gasteiger partial charge in [0.15, 0.2) is 0 Å². The molecule has 0 saturated heterocycles. The summed E-state index contributed by atoms with van der Waals surface area (Å²) < 4.78 is 6.03. The molecular formula is C17H19N3O2. The molecule has 2 aromatic carbocycles. The first-order valence-corrected chi connectivity index (χ1v) is 6.92. The van der Waals surface area contributed by atoms with E-state index in [0.29, 0.717) is 5.71 Å². The largest absolute Gasteiger partial charge is 0.481 e. The highest BCUT2D eigenvalue weighted by Crippen LogP contribution is 2.22. The molecule has 0 heterocycles. The highest BCUT2D eigenvalue weighted by Gasteiger charge is 2.29. The first-order valence-electron chi connectivity index (χ1n) is 6.92. The van der Waals surface area contributed by atoms with E-state index in [1.54, 1.807) is 0 Å². The predicted molar refractivity (Wildman–Crippen MR) is 86.8 cm³/mol. The van der Waals surface area contributed by atoms with E-state index >= 15 is 0 Å². The molecule has 0 aliphatic carbocycles. The first kappa shape index (κ1) is 15.6. The van der Waals surface area contributed by atoms with E-state index in [1.165, 1.54) is 0 Å². The Bertz CT molecular complexity index is 652. The predicted octanol–water partition coefficient (Wildman–Crippen LogP) is 2.92. The summed E-state index contributed by atoms with van der Waals surface area (Å²) in [4.78, 5) is 11.0. The molecule has 0 bridgehead atoms. The summed E-state index contributed by atoms with van der Waals surface area (Å²) in [6, 6.07) is 18.2. The van der Waals surface area contributed by atoms with Gasteiger partial charge in [-0.05, 0) is 26.0 Å². The normalized spacial score (nSPS) is 11.8. The van der Waals surface area contributed by atoms with Gasteiger partial charge in [-0.3, -0.25) is 0 Å². The van der Waals surface area contributed by atoms with E-state index in [-0.39, 0.29) is 0 Å². The van der Waals surface area contributed by atoms with Crippen molar-refractivity contribution in [1.82, 2.24) is 5.43 Å². The van der Waals surface area contributed by atoms with Crippen LogP contribution in [0.2, 0.25) is 0 Å². The number of nitrogens with two attached hydrogens (primary N) is 1. The fraction of sp³-hybridized carbons (Fsp3) is 0.176. The SMILES string of the molecule is CC(C)(Oc1ccccc1)/C(=N\NC(N)=O)c1ccccc1. The number of rotatable bonds is 5. The molecule has 5 heteroatoms. The molecule has 0 aromatic heterocycles. The zero-order valence-corrected chi connectivity index (χ0v) is 12.6. The van der Waals surface area contributed by atoms with E-state index < -0.39 is 11.6 Å². The van der Waals surface area contributed by atoms with Crippen molar-refractivity contribution in [1.29, 1.82) is 0 Å². The number of hydrazone groups is 1. The Labute approximate surface area is 129 Å².